The quantitative estimate of drug-likeness (QED) is 0.735. The normalized spacial score (nSPS) is 10.5. The van der Waals surface area contributed by atoms with Gasteiger partial charge in [0.25, 0.3) is 0 Å². The molecule has 3 heteroatoms. The van der Waals surface area contributed by atoms with Gasteiger partial charge in [0, 0.05) is 11.6 Å². The number of rotatable bonds is 7. The fourth-order valence-electron chi connectivity index (χ4n) is 1.38. The molecule has 0 unspecified atom stereocenters. The molecule has 84 valence electrons. The van der Waals surface area contributed by atoms with E-state index in [0.717, 1.165) is 18.1 Å². The van der Waals surface area contributed by atoms with E-state index < -0.39 is 0 Å². The van der Waals surface area contributed by atoms with Gasteiger partial charge in [0.2, 0.25) is 0 Å². The third-order valence-corrected chi connectivity index (χ3v) is 3.10. The lowest BCUT2D eigenvalue weighted by molar-refractivity contribution is 0.644. The van der Waals surface area contributed by atoms with Crippen LogP contribution in [0.25, 0.3) is 0 Å². The van der Waals surface area contributed by atoms with E-state index in [1.54, 1.807) is 0 Å². The van der Waals surface area contributed by atoms with Gasteiger partial charge in [-0.1, -0.05) is 23.7 Å². The number of nitrogens with one attached hydrogen (secondary N) is 1. The molecule has 0 saturated carbocycles. The molecular formula is C12H18ClNS. The van der Waals surface area contributed by atoms with Crippen LogP contribution in [-0.4, -0.2) is 18.6 Å². The van der Waals surface area contributed by atoms with Gasteiger partial charge in [-0.2, -0.15) is 11.8 Å². The Hall–Kier alpha value is -0.180. The SMILES string of the molecule is CSCCCCNCc1cccc(Cl)c1. The highest BCUT2D eigenvalue weighted by Gasteiger charge is 1.93. The summed E-state index contributed by atoms with van der Waals surface area (Å²) in [4.78, 5) is 0. The molecule has 0 spiro atoms. The molecule has 0 heterocycles. The Morgan fingerprint density at radius 1 is 1.33 bits per heavy atom. The van der Waals surface area contributed by atoms with Gasteiger partial charge in [-0.15, -0.1) is 0 Å². The van der Waals surface area contributed by atoms with Crippen molar-refractivity contribution in [3.63, 3.8) is 0 Å². The first kappa shape index (κ1) is 12.9. The third-order valence-electron chi connectivity index (χ3n) is 2.17. The van der Waals surface area contributed by atoms with Crippen molar-refractivity contribution in [3.8, 4) is 0 Å². The molecule has 0 radical (unpaired) electrons. The van der Waals surface area contributed by atoms with E-state index in [0.29, 0.717) is 0 Å². The van der Waals surface area contributed by atoms with Crippen LogP contribution in [0.5, 0.6) is 0 Å². The minimum atomic E-state index is 0.816. The number of hydrogen-bond donors (Lipinski definition) is 1. The fourth-order valence-corrected chi connectivity index (χ4v) is 2.08. The summed E-state index contributed by atoms with van der Waals surface area (Å²) in [7, 11) is 0. The van der Waals surface area contributed by atoms with Crippen LogP contribution < -0.4 is 5.32 Å². The largest absolute Gasteiger partial charge is 0.313 e. The van der Waals surface area contributed by atoms with Crippen molar-refractivity contribution in [2.24, 2.45) is 0 Å². The molecule has 1 nitrogen and oxygen atoms in total. The van der Waals surface area contributed by atoms with Crippen LogP contribution in [-0.2, 0) is 6.54 Å². The van der Waals surface area contributed by atoms with Crippen molar-refractivity contribution in [2.75, 3.05) is 18.6 Å². The zero-order valence-corrected chi connectivity index (χ0v) is 10.7. The van der Waals surface area contributed by atoms with Gasteiger partial charge in [0.15, 0.2) is 0 Å². The predicted molar refractivity (Wildman–Crippen MR) is 70.8 cm³/mol. The summed E-state index contributed by atoms with van der Waals surface area (Å²) in [5, 5.41) is 4.24. The number of halogens is 1. The van der Waals surface area contributed by atoms with Gasteiger partial charge < -0.3 is 5.32 Å². The molecule has 1 aromatic rings. The van der Waals surface area contributed by atoms with Gasteiger partial charge >= 0.3 is 0 Å². The van der Waals surface area contributed by atoms with Gasteiger partial charge in [-0.05, 0) is 49.1 Å². The monoisotopic (exact) mass is 243 g/mol. The molecule has 0 bridgehead atoms. The summed E-state index contributed by atoms with van der Waals surface area (Å²) in [5.74, 6) is 1.26. The second-order valence-corrected chi connectivity index (χ2v) is 4.93. The number of benzene rings is 1. The molecule has 1 rings (SSSR count). The topological polar surface area (TPSA) is 12.0 Å². The molecule has 0 aliphatic heterocycles. The highest BCUT2D eigenvalue weighted by Crippen LogP contribution is 2.10. The molecule has 0 aliphatic carbocycles. The summed E-state index contributed by atoms with van der Waals surface area (Å²) >= 11 is 7.81. The summed E-state index contributed by atoms with van der Waals surface area (Å²) in [6.45, 7) is 2.01. The van der Waals surface area contributed by atoms with Gasteiger partial charge in [-0.25, -0.2) is 0 Å². The van der Waals surface area contributed by atoms with Crippen molar-refractivity contribution in [1.29, 1.82) is 0 Å². The maximum absolute atomic E-state index is 5.90. The minimum absolute atomic E-state index is 0.816. The van der Waals surface area contributed by atoms with Crippen LogP contribution in [0.3, 0.4) is 0 Å². The van der Waals surface area contributed by atoms with Crippen molar-refractivity contribution in [3.05, 3.63) is 34.9 Å². The van der Waals surface area contributed by atoms with E-state index >= 15 is 0 Å². The average molecular weight is 244 g/mol. The maximum Gasteiger partial charge on any atom is 0.0409 e. The molecule has 0 fully saturated rings. The average Bonchev–Trinajstić information content (AvgIpc) is 2.23. The standard InChI is InChI=1S/C12H18ClNS/c1-15-8-3-2-7-14-10-11-5-4-6-12(13)9-11/h4-6,9,14H,2-3,7-8,10H2,1H3. The summed E-state index contributed by atoms with van der Waals surface area (Å²) in [6.07, 6.45) is 4.70. The Labute approximate surface area is 102 Å². The van der Waals surface area contributed by atoms with Crippen molar-refractivity contribution >= 4 is 23.4 Å². The Morgan fingerprint density at radius 2 is 2.20 bits per heavy atom. The van der Waals surface area contributed by atoms with E-state index in [-0.39, 0.29) is 0 Å². The minimum Gasteiger partial charge on any atom is -0.313 e. The highest BCUT2D eigenvalue weighted by atomic mass is 35.5. The number of unbranched alkanes of at least 4 members (excludes halogenated alkanes) is 1. The predicted octanol–water partition coefficient (Wildman–Crippen LogP) is 3.57. The van der Waals surface area contributed by atoms with E-state index in [2.05, 4.69) is 17.6 Å². The number of hydrogen-bond acceptors (Lipinski definition) is 2. The first-order chi connectivity index (χ1) is 7.33. The fraction of sp³-hybridized carbons (Fsp3) is 0.500. The molecule has 0 saturated heterocycles. The second kappa shape index (κ2) is 8.03. The zero-order valence-electron chi connectivity index (χ0n) is 9.13. The van der Waals surface area contributed by atoms with Crippen LogP contribution in [0.1, 0.15) is 18.4 Å². The molecule has 0 aromatic heterocycles. The summed E-state index contributed by atoms with van der Waals surface area (Å²) in [5.41, 5.74) is 1.26. The van der Waals surface area contributed by atoms with E-state index in [4.69, 9.17) is 11.6 Å². The molecular weight excluding hydrogens is 226 g/mol. The molecule has 15 heavy (non-hydrogen) atoms. The van der Waals surface area contributed by atoms with Gasteiger partial charge in [0.1, 0.15) is 0 Å². The van der Waals surface area contributed by atoms with Crippen molar-refractivity contribution < 1.29 is 0 Å². The number of thioether (sulfide) groups is 1. The van der Waals surface area contributed by atoms with Gasteiger partial charge in [0.05, 0.1) is 0 Å². The smallest absolute Gasteiger partial charge is 0.0409 e. The Balaban J connectivity index is 2.10. The van der Waals surface area contributed by atoms with Crippen molar-refractivity contribution in [1.82, 2.24) is 5.32 Å². The van der Waals surface area contributed by atoms with Crippen LogP contribution >= 0.6 is 23.4 Å². The zero-order chi connectivity index (χ0) is 10.9. The Kier molecular flexibility index (Phi) is 6.90. The highest BCUT2D eigenvalue weighted by molar-refractivity contribution is 7.98. The third kappa shape index (κ3) is 6.08. The molecule has 1 N–H and O–H groups in total. The van der Waals surface area contributed by atoms with E-state index in [1.807, 2.05) is 30.0 Å². The maximum atomic E-state index is 5.90. The lowest BCUT2D eigenvalue weighted by Crippen LogP contribution is -2.14. The Bertz CT molecular complexity index is 278. The van der Waals surface area contributed by atoms with Crippen LogP contribution in [0.15, 0.2) is 24.3 Å². The van der Waals surface area contributed by atoms with Crippen LogP contribution in [0.2, 0.25) is 5.02 Å². The second-order valence-electron chi connectivity index (χ2n) is 3.51. The Morgan fingerprint density at radius 3 is 2.93 bits per heavy atom. The molecule has 0 amide bonds. The van der Waals surface area contributed by atoms with Crippen molar-refractivity contribution in [2.45, 2.75) is 19.4 Å². The lowest BCUT2D eigenvalue weighted by Gasteiger charge is -2.04. The molecule has 0 aliphatic rings. The molecule has 1 aromatic carbocycles. The first-order valence-electron chi connectivity index (χ1n) is 5.27. The summed E-state index contributed by atoms with van der Waals surface area (Å²) in [6, 6.07) is 8.01. The molecule has 0 atom stereocenters. The summed E-state index contributed by atoms with van der Waals surface area (Å²) < 4.78 is 0. The van der Waals surface area contributed by atoms with Gasteiger partial charge in [-0.3, -0.25) is 0 Å². The lowest BCUT2D eigenvalue weighted by atomic mass is 10.2. The van der Waals surface area contributed by atoms with Crippen LogP contribution in [0, 0.1) is 0 Å². The van der Waals surface area contributed by atoms with Crippen LogP contribution in [0.4, 0.5) is 0 Å². The van der Waals surface area contributed by atoms with E-state index in [9.17, 15) is 0 Å². The first-order valence-corrected chi connectivity index (χ1v) is 7.04. The van der Waals surface area contributed by atoms with E-state index in [1.165, 1.54) is 24.2 Å².